The summed E-state index contributed by atoms with van der Waals surface area (Å²) in [7, 11) is -2.55. The minimum Gasteiger partial charge on any atom is -0.357 e. The van der Waals surface area contributed by atoms with Crippen LogP contribution in [0.4, 0.5) is 5.69 Å². The maximum atomic E-state index is 14.2. The monoisotopic (exact) mass is 555 g/mol. The summed E-state index contributed by atoms with van der Waals surface area (Å²) in [6.07, 6.45) is 0.273. The highest BCUT2D eigenvalue weighted by Crippen LogP contribution is 2.25. The summed E-state index contributed by atoms with van der Waals surface area (Å²) >= 11 is 0. The highest BCUT2D eigenvalue weighted by Gasteiger charge is 2.34. The lowest BCUT2D eigenvalue weighted by atomic mass is 10.0. The number of sulfonamides is 1. The predicted molar refractivity (Wildman–Crippen MR) is 157 cm³/mol. The molecule has 4 aromatic carbocycles. The van der Waals surface area contributed by atoms with Gasteiger partial charge in [0.15, 0.2) is 0 Å². The molecule has 4 aromatic rings. The van der Waals surface area contributed by atoms with Crippen LogP contribution in [0.3, 0.4) is 0 Å². The van der Waals surface area contributed by atoms with E-state index in [9.17, 15) is 18.0 Å². The van der Waals surface area contributed by atoms with Crippen molar-refractivity contribution in [2.24, 2.45) is 0 Å². The molecule has 0 bridgehead atoms. The maximum Gasteiger partial charge on any atom is 0.264 e. The van der Waals surface area contributed by atoms with Crippen LogP contribution in [0.2, 0.25) is 0 Å². The highest BCUT2D eigenvalue weighted by molar-refractivity contribution is 7.92. The number of benzene rings is 4. The molecule has 0 aliphatic rings. The van der Waals surface area contributed by atoms with Crippen molar-refractivity contribution in [3.63, 3.8) is 0 Å². The highest BCUT2D eigenvalue weighted by atomic mass is 32.2. The molecule has 1 atom stereocenters. The number of hydrogen-bond acceptors (Lipinski definition) is 4. The number of carbonyl (C=O) groups is 2. The predicted octanol–water partition coefficient (Wildman–Crippen LogP) is 4.58. The molecule has 0 radical (unpaired) electrons. The molecule has 0 saturated carbocycles. The first kappa shape index (κ1) is 28.6. The van der Waals surface area contributed by atoms with Gasteiger partial charge in [0, 0.05) is 20.0 Å². The zero-order valence-corrected chi connectivity index (χ0v) is 23.4. The third-order valence-electron chi connectivity index (χ3n) is 6.77. The number of aryl methyl sites for hydroxylation is 1. The van der Waals surface area contributed by atoms with E-state index in [-0.39, 0.29) is 23.8 Å². The lowest BCUT2D eigenvalue weighted by molar-refractivity contribution is -0.139. The Kier molecular flexibility index (Phi) is 9.35. The number of rotatable bonds is 11. The molecule has 0 fully saturated rings. The Morgan fingerprint density at radius 2 is 1.32 bits per heavy atom. The van der Waals surface area contributed by atoms with Crippen LogP contribution >= 0.6 is 0 Å². The first-order chi connectivity index (χ1) is 19.3. The van der Waals surface area contributed by atoms with Gasteiger partial charge in [-0.05, 0) is 47.9 Å². The molecule has 0 aliphatic carbocycles. The van der Waals surface area contributed by atoms with Gasteiger partial charge >= 0.3 is 0 Å². The molecule has 40 heavy (non-hydrogen) atoms. The minimum atomic E-state index is -4.09. The Hall–Kier alpha value is -4.43. The Labute approximate surface area is 236 Å². The number of hydrogen-bond donors (Lipinski definition) is 1. The van der Waals surface area contributed by atoms with E-state index < -0.39 is 28.5 Å². The number of nitrogens with one attached hydrogen (secondary N) is 1. The summed E-state index contributed by atoms with van der Waals surface area (Å²) in [6.45, 7) is 1.61. The molecule has 0 aromatic heterocycles. The van der Waals surface area contributed by atoms with E-state index >= 15 is 0 Å². The summed E-state index contributed by atoms with van der Waals surface area (Å²) in [5.41, 5.74) is 3.08. The van der Waals surface area contributed by atoms with E-state index in [0.717, 1.165) is 21.0 Å². The number of nitrogens with zero attached hydrogens (tertiary/aromatic N) is 2. The van der Waals surface area contributed by atoms with E-state index in [0.29, 0.717) is 5.69 Å². The van der Waals surface area contributed by atoms with Gasteiger partial charge in [-0.1, -0.05) is 91.0 Å². The standard InChI is InChI=1S/C32H33N3O4S/c1-25-14-12-13-17-27(25)23-34(30(32(37)33-2)22-26-15-6-3-7-16-26)31(36)24-35(28-18-8-4-9-19-28)40(38,39)29-20-10-5-11-21-29/h3-21,30H,22-24H2,1-2H3,(H,33,37)/t30-/m1/s1. The zero-order chi connectivity index (χ0) is 28.5. The van der Waals surface area contributed by atoms with E-state index in [2.05, 4.69) is 5.32 Å². The van der Waals surface area contributed by atoms with Crippen LogP contribution in [-0.2, 0) is 32.6 Å². The van der Waals surface area contributed by atoms with Crippen LogP contribution in [0, 0.1) is 6.92 Å². The molecule has 8 heteroatoms. The Balaban J connectivity index is 1.77. The third-order valence-corrected chi connectivity index (χ3v) is 8.56. The second kappa shape index (κ2) is 13.1. The second-order valence-electron chi connectivity index (χ2n) is 9.43. The first-order valence-corrected chi connectivity index (χ1v) is 14.5. The molecule has 7 nitrogen and oxygen atoms in total. The number of carbonyl (C=O) groups excluding carboxylic acids is 2. The van der Waals surface area contributed by atoms with Gasteiger partial charge in [0.1, 0.15) is 12.6 Å². The first-order valence-electron chi connectivity index (χ1n) is 13.0. The Bertz CT molecular complexity index is 1530. The van der Waals surface area contributed by atoms with Gasteiger partial charge in [0.05, 0.1) is 10.6 Å². The average molecular weight is 556 g/mol. The number of para-hydroxylation sites is 1. The molecule has 0 unspecified atom stereocenters. The van der Waals surface area contributed by atoms with Crippen molar-refractivity contribution in [3.05, 3.63) is 132 Å². The van der Waals surface area contributed by atoms with E-state index in [1.165, 1.54) is 24.1 Å². The fourth-order valence-corrected chi connectivity index (χ4v) is 5.97. The van der Waals surface area contributed by atoms with Gasteiger partial charge in [-0.3, -0.25) is 13.9 Å². The number of likely N-dealkylation sites (N-methyl/N-ethyl adjacent to an activating group) is 1. The third kappa shape index (κ3) is 6.76. The van der Waals surface area contributed by atoms with Crippen molar-refractivity contribution in [1.82, 2.24) is 10.2 Å². The van der Waals surface area contributed by atoms with Crippen LogP contribution in [-0.4, -0.2) is 44.8 Å². The van der Waals surface area contributed by atoms with Crippen molar-refractivity contribution >= 4 is 27.5 Å². The maximum absolute atomic E-state index is 14.2. The summed E-state index contributed by atoms with van der Waals surface area (Å²) in [5, 5.41) is 2.70. The number of anilines is 1. The van der Waals surface area contributed by atoms with Crippen molar-refractivity contribution in [2.75, 3.05) is 17.9 Å². The van der Waals surface area contributed by atoms with Gasteiger partial charge in [0.2, 0.25) is 11.8 Å². The molecule has 0 spiro atoms. The second-order valence-corrected chi connectivity index (χ2v) is 11.3. The topological polar surface area (TPSA) is 86.8 Å². The molecule has 0 heterocycles. The molecule has 2 amide bonds. The van der Waals surface area contributed by atoms with Crippen LogP contribution in [0.1, 0.15) is 16.7 Å². The molecule has 4 rings (SSSR count). The van der Waals surface area contributed by atoms with Crippen LogP contribution < -0.4 is 9.62 Å². The zero-order valence-electron chi connectivity index (χ0n) is 22.6. The minimum absolute atomic E-state index is 0.0734. The Morgan fingerprint density at radius 3 is 1.93 bits per heavy atom. The molecule has 0 aliphatic heterocycles. The van der Waals surface area contributed by atoms with Gasteiger partial charge < -0.3 is 10.2 Å². The summed E-state index contributed by atoms with van der Waals surface area (Å²) in [5.74, 6) is -0.820. The molecule has 0 saturated heterocycles. The van der Waals surface area contributed by atoms with Gasteiger partial charge in [-0.25, -0.2) is 8.42 Å². The summed E-state index contributed by atoms with van der Waals surface area (Å²) in [4.78, 5) is 29.1. The van der Waals surface area contributed by atoms with Crippen LogP contribution in [0.5, 0.6) is 0 Å². The van der Waals surface area contributed by atoms with Gasteiger partial charge in [-0.2, -0.15) is 0 Å². The molecule has 206 valence electrons. The summed E-state index contributed by atoms with van der Waals surface area (Å²) < 4.78 is 28.8. The Morgan fingerprint density at radius 1 is 0.775 bits per heavy atom. The van der Waals surface area contributed by atoms with Gasteiger partial charge in [0.25, 0.3) is 10.0 Å². The normalized spacial score (nSPS) is 11.8. The fraction of sp³-hybridized carbons (Fsp3) is 0.188. The SMILES string of the molecule is CNC(=O)[C@@H](Cc1ccccc1)N(Cc1ccccc1C)C(=O)CN(c1ccccc1)S(=O)(=O)c1ccccc1. The largest absolute Gasteiger partial charge is 0.357 e. The summed E-state index contributed by atoms with van der Waals surface area (Å²) in [6, 6.07) is 32.8. The van der Waals surface area contributed by atoms with E-state index in [4.69, 9.17) is 0 Å². The average Bonchev–Trinajstić information content (AvgIpc) is 2.99. The molecule has 1 N–H and O–H groups in total. The fourth-order valence-electron chi connectivity index (χ4n) is 4.53. The van der Waals surface area contributed by atoms with Gasteiger partial charge in [-0.15, -0.1) is 0 Å². The lowest BCUT2D eigenvalue weighted by Gasteiger charge is -2.34. The van der Waals surface area contributed by atoms with Crippen LogP contribution in [0.25, 0.3) is 0 Å². The van der Waals surface area contributed by atoms with Crippen LogP contribution in [0.15, 0.2) is 120 Å². The molecular formula is C32H33N3O4S. The molecular weight excluding hydrogens is 522 g/mol. The van der Waals surface area contributed by atoms with E-state index in [1.54, 1.807) is 48.5 Å². The number of amides is 2. The van der Waals surface area contributed by atoms with Crippen molar-refractivity contribution in [1.29, 1.82) is 0 Å². The van der Waals surface area contributed by atoms with E-state index in [1.807, 2.05) is 61.5 Å². The lowest BCUT2D eigenvalue weighted by Crippen LogP contribution is -2.53. The van der Waals surface area contributed by atoms with Crippen molar-refractivity contribution < 1.29 is 18.0 Å². The van der Waals surface area contributed by atoms with Crippen molar-refractivity contribution in [2.45, 2.75) is 30.8 Å². The van der Waals surface area contributed by atoms with Crippen molar-refractivity contribution in [3.8, 4) is 0 Å². The quantitative estimate of drug-likeness (QED) is 0.294. The smallest absolute Gasteiger partial charge is 0.264 e.